The van der Waals surface area contributed by atoms with E-state index in [4.69, 9.17) is 4.42 Å². The van der Waals surface area contributed by atoms with E-state index < -0.39 is 0 Å². The fourth-order valence-electron chi connectivity index (χ4n) is 3.41. The second kappa shape index (κ2) is 5.58. The maximum atomic E-state index is 12.3. The van der Waals surface area contributed by atoms with Crippen LogP contribution >= 0.6 is 0 Å². The molecule has 0 aliphatic carbocycles. The van der Waals surface area contributed by atoms with Crippen molar-refractivity contribution in [2.45, 2.75) is 25.3 Å². The Balaban J connectivity index is 1.57. The fourth-order valence-corrected chi connectivity index (χ4v) is 3.41. The third kappa shape index (κ3) is 2.24. The molecule has 3 aromatic heterocycles. The first-order valence-corrected chi connectivity index (χ1v) is 8.37. The maximum Gasteiger partial charge on any atom is 0.274 e. The lowest BCUT2D eigenvalue weighted by molar-refractivity contribution is 0.372. The van der Waals surface area contributed by atoms with E-state index in [-0.39, 0.29) is 11.5 Å². The van der Waals surface area contributed by atoms with Gasteiger partial charge in [0.2, 0.25) is 5.89 Å². The average molecular weight is 349 g/mol. The largest absolute Gasteiger partial charge is 0.419 e. The summed E-state index contributed by atoms with van der Waals surface area (Å²) < 4.78 is 9.26. The third-order valence-corrected chi connectivity index (χ3v) is 4.78. The number of aromatic nitrogens is 7. The molecule has 26 heavy (non-hydrogen) atoms. The van der Waals surface area contributed by atoms with Gasteiger partial charge in [-0.25, -0.2) is 4.68 Å². The van der Waals surface area contributed by atoms with Gasteiger partial charge in [-0.1, -0.05) is 18.2 Å². The number of rotatable bonds is 2. The van der Waals surface area contributed by atoms with Gasteiger partial charge >= 0.3 is 0 Å². The van der Waals surface area contributed by atoms with Gasteiger partial charge in [-0.05, 0) is 12.5 Å². The average Bonchev–Trinajstić information content (AvgIpc) is 3.33. The predicted octanol–water partition coefficient (Wildman–Crippen LogP) is 1.30. The van der Waals surface area contributed by atoms with Crippen molar-refractivity contribution in [3.8, 4) is 11.6 Å². The van der Waals surface area contributed by atoms with E-state index in [1.54, 1.807) is 19.4 Å². The van der Waals surface area contributed by atoms with E-state index in [9.17, 15) is 4.79 Å². The molecule has 0 radical (unpaired) electrons. The summed E-state index contributed by atoms with van der Waals surface area (Å²) in [7, 11) is 1.62. The van der Waals surface area contributed by atoms with Crippen LogP contribution in [-0.2, 0) is 20.0 Å². The molecule has 0 N–H and O–H groups in total. The molecule has 5 rings (SSSR count). The molecule has 9 nitrogen and oxygen atoms in total. The first-order chi connectivity index (χ1) is 12.7. The molecule has 0 saturated carbocycles. The van der Waals surface area contributed by atoms with Gasteiger partial charge in [0.1, 0.15) is 12.2 Å². The van der Waals surface area contributed by atoms with E-state index >= 15 is 0 Å². The molecule has 0 spiro atoms. The lowest BCUT2D eigenvalue weighted by atomic mass is 9.99. The highest BCUT2D eigenvalue weighted by molar-refractivity contribution is 5.91. The van der Waals surface area contributed by atoms with Crippen molar-refractivity contribution in [1.82, 2.24) is 34.7 Å². The Morgan fingerprint density at radius 2 is 2.00 bits per heavy atom. The number of aryl methyl sites for hydroxylation is 2. The molecule has 1 aromatic carbocycles. The van der Waals surface area contributed by atoms with Gasteiger partial charge in [0, 0.05) is 25.4 Å². The standard InChI is InChI=1S/C17H15N7O2/c1-23-17(25)12-5-3-2-4-11(12)14(22-23)16-21-20-15(26-16)10-6-7-13-19-18-9-24(13)8-10/h2-5,9-10H,6-8H2,1H3. The molecule has 1 aliphatic rings. The lowest BCUT2D eigenvalue weighted by Crippen LogP contribution is -2.20. The second-order valence-corrected chi connectivity index (χ2v) is 6.40. The summed E-state index contributed by atoms with van der Waals surface area (Å²) in [6.45, 7) is 0.714. The highest BCUT2D eigenvalue weighted by Crippen LogP contribution is 2.30. The second-order valence-electron chi connectivity index (χ2n) is 6.40. The van der Waals surface area contributed by atoms with Gasteiger partial charge < -0.3 is 8.98 Å². The maximum absolute atomic E-state index is 12.3. The van der Waals surface area contributed by atoms with Crippen molar-refractivity contribution < 1.29 is 4.42 Å². The van der Waals surface area contributed by atoms with E-state index in [2.05, 4.69) is 25.5 Å². The van der Waals surface area contributed by atoms with Crippen molar-refractivity contribution in [3.63, 3.8) is 0 Å². The van der Waals surface area contributed by atoms with Crippen LogP contribution in [0.4, 0.5) is 0 Å². The monoisotopic (exact) mass is 349 g/mol. The van der Waals surface area contributed by atoms with E-state index in [0.717, 1.165) is 18.7 Å². The van der Waals surface area contributed by atoms with Crippen molar-refractivity contribution >= 4 is 10.8 Å². The summed E-state index contributed by atoms with van der Waals surface area (Å²) in [5.74, 6) is 1.98. The smallest absolute Gasteiger partial charge is 0.274 e. The Hall–Kier alpha value is -3.36. The first kappa shape index (κ1) is 14.9. The molecule has 1 unspecified atom stereocenters. The molecule has 4 heterocycles. The molecule has 0 fully saturated rings. The Kier molecular flexibility index (Phi) is 3.21. The van der Waals surface area contributed by atoms with Crippen LogP contribution in [0.3, 0.4) is 0 Å². The zero-order valence-electron chi connectivity index (χ0n) is 14.0. The molecule has 1 atom stereocenters. The van der Waals surface area contributed by atoms with Gasteiger partial charge in [0.25, 0.3) is 11.4 Å². The Morgan fingerprint density at radius 1 is 1.15 bits per heavy atom. The molecule has 1 aliphatic heterocycles. The van der Waals surface area contributed by atoms with Gasteiger partial charge in [-0.3, -0.25) is 4.79 Å². The molecule has 0 amide bonds. The van der Waals surface area contributed by atoms with Crippen LogP contribution in [0.1, 0.15) is 24.1 Å². The Labute approximate surface area is 147 Å². The van der Waals surface area contributed by atoms with Gasteiger partial charge in [0.05, 0.1) is 11.3 Å². The van der Waals surface area contributed by atoms with E-state index in [0.29, 0.717) is 34.8 Å². The SMILES string of the molecule is Cn1nc(-c2nnc(C3CCc4nncn4C3)o2)c2ccccc2c1=O. The van der Waals surface area contributed by atoms with Crippen LogP contribution in [0.25, 0.3) is 22.4 Å². The minimum atomic E-state index is -0.156. The number of hydrogen-bond acceptors (Lipinski definition) is 7. The quantitative estimate of drug-likeness (QED) is 0.537. The molecule has 4 aromatic rings. The summed E-state index contributed by atoms with van der Waals surface area (Å²) >= 11 is 0. The van der Waals surface area contributed by atoms with Crippen LogP contribution in [0.2, 0.25) is 0 Å². The summed E-state index contributed by atoms with van der Waals surface area (Å²) in [5.41, 5.74) is 0.360. The van der Waals surface area contributed by atoms with Crippen molar-refractivity contribution in [2.75, 3.05) is 0 Å². The highest BCUT2D eigenvalue weighted by atomic mass is 16.4. The zero-order chi connectivity index (χ0) is 17.7. The Morgan fingerprint density at radius 3 is 2.88 bits per heavy atom. The normalized spacial score (nSPS) is 16.7. The van der Waals surface area contributed by atoms with Crippen molar-refractivity contribution in [3.05, 3.63) is 52.7 Å². The topological polar surface area (TPSA) is 105 Å². The van der Waals surface area contributed by atoms with Crippen LogP contribution in [0, 0.1) is 0 Å². The molecule has 9 heteroatoms. The number of hydrogen-bond donors (Lipinski definition) is 0. The van der Waals surface area contributed by atoms with E-state index in [1.807, 2.05) is 22.8 Å². The molecular formula is C17H15N7O2. The summed E-state index contributed by atoms with van der Waals surface area (Å²) in [6, 6.07) is 7.30. The van der Waals surface area contributed by atoms with Crippen LogP contribution in [0.5, 0.6) is 0 Å². The molecule has 0 bridgehead atoms. The minimum absolute atomic E-state index is 0.110. The zero-order valence-corrected chi connectivity index (χ0v) is 14.0. The molecule has 130 valence electrons. The van der Waals surface area contributed by atoms with Crippen molar-refractivity contribution in [1.29, 1.82) is 0 Å². The van der Waals surface area contributed by atoms with Crippen LogP contribution < -0.4 is 5.56 Å². The number of fused-ring (bicyclic) bond motifs is 2. The van der Waals surface area contributed by atoms with Crippen LogP contribution in [0.15, 0.2) is 39.8 Å². The predicted molar refractivity (Wildman–Crippen MR) is 91.4 cm³/mol. The number of nitrogens with zero attached hydrogens (tertiary/aromatic N) is 7. The Bertz CT molecular complexity index is 1170. The molecular weight excluding hydrogens is 334 g/mol. The molecule has 0 saturated heterocycles. The summed E-state index contributed by atoms with van der Waals surface area (Å²) in [5, 5.41) is 22.1. The van der Waals surface area contributed by atoms with E-state index in [1.165, 1.54) is 4.68 Å². The van der Waals surface area contributed by atoms with Gasteiger partial charge in [0.15, 0.2) is 5.69 Å². The van der Waals surface area contributed by atoms with Crippen molar-refractivity contribution in [2.24, 2.45) is 7.05 Å². The highest BCUT2D eigenvalue weighted by Gasteiger charge is 2.26. The fraction of sp³-hybridized carbons (Fsp3) is 0.294. The van der Waals surface area contributed by atoms with Gasteiger partial charge in [-0.2, -0.15) is 5.10 Å². The first-order valence-electron chi connectivity index (χ1n) is 8.37. The van der Waals surface area contributed by atoms with Crippen LogP contribution in [-0.4, -0.2) is 34.7 Å². The number of benzene rings is 1. The lowest BCUT2D eigenvalue weighted by Gasteiger charge is -2.19. The van der Waals surface area contributed by atoms with Gasteiger partial charge in [-0.15, -0.1) is 20.4 Å². The summed E-state index contributed by atoms with van der Waals surface area (Å²) in [4.78, 5) is 12.3. The summed E-state index contributed by atoms with van der Waals surface area (Å²) in [6.07, 6.45) is 3.42. The minimum Gasteiger partial charge on any atom is -0.419 e. The third-order valence-electron chi connectivity index (χ3n) is 4.78.